The van der Waals surface area contributed by atoms with Gasteiger partial charge in [0.1, 0.15) is 5.00 Å². The molecule has 2 N–H and O–H groups in total. The van der Waals surface area contributed by atoms with Crippen molar-refractivity contribution in [1.82, 2.24) is 5.32 Å². The van der Waals surface area contributed by atoms with Gasteiger partial charge in [0.15, 0.2) is 5.11 Å². The highest BCUT2D eigenvalue weighted by molar-refractivity contribution is 7.80. The van der Waals surface area contributed by atoms with Gasteiger partial charge in [-0.2, -0.15) is 0 Å². The van der Waals surface area contributed by atoms with E-state index in [1.54, 1.807) is 18.4 Å². The van der Waals surface area contributed by atoms with Gasteiger partial charge in [0.2, 0.25) is 0 Å². The fourth-order valence-electron chi connectivity index (χ4n) is 2.42. The van der Waals surface area contributed by atoms with E-state index in [2.05, 4.69) is 17.6 Å². The van der Waals surface area contributed by atoms with Gasteiger partial charge in [0.05, 0.1) is 12.2 Å². The van der Waals surface area contributed by atoms with E-state index in [0.717, 1.165) is 29.8 Å². The average Bonchev–Trinajstić information content (AvgIpc) is 2.75. The molecule has 0 aromatic carbocycles. The molecule has 0 spiro atoms. The average molecular weight is 312 g/mol. The normalized spacial score (nSPS) is 17.2. The second kappa shape index (κ2) is 6.54. The number of thiocarbonyl (C=S) groups is 1. The van der Waals surface area contributed by atoms with Gasteiger partial charge in [-0.25, -0.2) is 4.79 Å². The highest BCUT2D eigenvalue weighted by Gasteiger charge is 2.28. The van der Waals surface area contributed by atoms with Crippen molar-refractivity contribution >= 4 is 39.6 Å². The van der Waals surface area contributed by atoms with Crippen LogP contribution in [-0.2, 0) is 17.6 Å². The summed E-state index contributed by atoms with van der Waals surface area (Å²) < 4.78 is 5.20. The Bertz CT molecular complexity index is 525. The third-order valence-corrected chi connectivity index (χ3v) is 4.92. The molecule has 0 saturated heterocycles. The summed E-state index contributed by atoms with van der Waals surface area (Å²) in [5, 5.41) is 7.31. The lowest BCUT2D eigenvalue weighted by Gasteiger charge is -2.18. The summed E-state index contributed by atoms with van der Waals surface area (Å²) in [4.78, 5) is 13.5. The van der Waals surface area contributed by atoms with E-state index in [-0.39, 0.29) is 5.97 Å². The van der Waals surface area contributed by atoms with Crippen molar-refractivity contribution in [3.63, 3.8) is 0 Å². The molecule has 0 saturated carbocycles. The van der Waals surface area contributed by atoms with Crippen LogP contribution in [0.3, 0.4) is 0 Å². The van der Waals surface area contributed by atoms with Crippen LogP contribution < -0.4 is 10.6 Å². The summed E-state index contributed by atoms with van der Waals surface area (Å²) >= 11 is 6.77. The van der Waals surface area contributed by atoms with E-state index in [9.17, 15) is 4.79 Å². The first kappa shape index (κ1) is 15.3. The van der Waals surface area contributed by atoms with Crippen LogP contribution in [0.1, 0.15) is 41.1 Å². The Balaban J connectivity index is 2.39. The quantitative estimate of drug-likeness (QED) is 0.664. The monoisotopic (exact) mass is 312 g/mol. The molecule has 0 fully saturated rings. The number of carbonyl (C=O) groups excluding carboxylic acids is 1. The minimum absolute atomic E-state index is 0.249. The third-order valence-electron chi connectivity index (χ3n) is 3.45. The Morgan fingerprint density at radius 1 is 1.55 bits per heavy atom. The molecule has 0 amide bonds. The van der Waals surface area contributed by atoms with E-state index in [0.29, 0.717) is 23.2 Å². The molecule has 1 heterocycles. The van der Waals surface area contributed by atoms with Crippen LogP contribution in [0, 0.1) is 5.92 Å². The van der Waals surface area contributed by atoms with Crippen LogP contribution in [0.25, 0.3) is 0 Å². The lowest BCUT2D eigenvalue weighted by Crippen LogP contribution is -2.25. The van der Waals surface area contributed by atoms with Gasteiger partial charge in [0, 0.05) is 11.9 Å². The zero-order valence-corrected chi connectivity index (χ0v) is 13.7. The Morgan fingerprint density at radius 3 is 2.95 bits per heavy atom. The number of carbonyl (C=O) groups is 1. The second-order valence-electron chi connectivity index (χ2n) is 4.98. The molecule has 110 valence electrons. The van der Waals surface area contributed by atoms with Gasteiger partial charge in [0.25, 0.3) is 0 Å². The fourth-order valence-corrected chi connectivity index (χ4v) is 3.99. The van der Waals surface area contributed by atoms with E-state index < -0.39 is 0 Å². The number of fused-ring (bicyclic) bond motifs is 1. The topological polar surface area (TPSA) is 50.4 Å². The number of rotatable bonds is 3. The predicted octanol–water partition coefficient (Wildman–Crippen LogP) is 2.97. The van der Waals surface area contributed by atoms with Gasteiger partial charge < -0.3 is 15.4 Å². The van der Waals surface area contributed by atoms with E-state index in [1.165, 1.54) is 4.88 Å². The molecule has 4 nitrogen and oxygen atoms in total. The van der Waals surface area contributed by atoms with Gasteiger partial charge in [-0.3, -0.25) is 0 Å². The molecule has 1 aromatic heterocycles. The van der Waals surface area contributed by atoms with Crippen molar-refractivity contribution in [3.8, 4) is 0 Å². The molecule has 1 aliphatic rings. The zero-order valence-electron chi connectivity index (χ0n) is 12.0. The molecule has 0 radical (unpaired) electrons. The summed E-state index contributed by atoms with van der Waals surface area (Å²) in [6.07, 6.45) is 3.08. The number of nitrogens with one attached hydrogen (secondary N) is 2. The maximum absolute atomic E-state index is 12.2. The largest absolute Gasteiger partial charge is 0.462 e. The van der Waals surface area contributed by atoms with Gasteiger partial charge in [-0.1, -0.05) is 6.92 Å². The van der Waals surface area contributed by atoms with Crippen molar-refractivity contribution in [1.29, 1.82) is 0 Å². The van der Waals surface area contributed by atoms with E-state index in [1.807, 2.05) is 6.92 Å². The summed E-state index contributed by atoms with van der Waals surface area (Å²) in [5.74, 6) is 0.418. The van der Waals surface area contributed by atoms with Crippen molar-refractivity contribution in [2.24, 2.45) is 5.92 Å². The molecule has 1 unspecified atom stereocenters. The standard InChI is InChI=1S/C14H20N2O2S2/c1-4-18-13(17)11-9-6-5-8(2)7-10(9)20-12(11)16-14(19)15-3/h8H,4-7H2,1-3H3,(H2,15,16,19). The van der Waals surface area contributed by atoms with Crippen LogP contribution in [-0.4, -0.2) is 24.7 Å². The van der Waals surface area contributed by atoms with Gasteiger partial charge in [-0.05, 0) is 49.9 Å². The van der Waals surface area contributed by atoms with Crippen LogP contribution >= 0.6 is 23.6 Å². The highest BCUT2D eigenvalue weighted by Crippen LogP contribution is 2.40. The number of esters is 1. The molecular formula is C14H20N2O2S2. The molecular weight excluding hydrogens is 292 g/mol. The second-order valence-corrected chi connectivity index (χ2v) is 6.49. The predicted molar refractivity (Wildman–Crippen MR) is 86.7 cm³/mol. The van der Waals surface area contributed by atoms with Crippen LogP contribution in [0.5, 0.6) is 0 Å². The van der Waals surface area contributed by atoms with Crippen molar-refractivity contribution < 1.29 is 9.53 Å². The molecule has 2 rings (SSSR count). The van der Waals surface area contributed by atoms with E-state index in [4.69, 9.17) is 17.0 Å². The molecule has 1 aromatic rings. The molecule has 1 atom stereocenters. The Labute approximate surface area is 128 Å². The summed E-state index contributed by atoms with van der Waals surface area (Å²) in [7, 11) is 1.76. The van der Waals surface area contributed by atoms with Crippen LogP contribution in [0.15, 0.2) is 0 Å². The number of ether oxygens (including phenoxy) is 1. The highest BCUT2D eigenvalue weighted by atomic mass is 32.1. The summed E-state index contributed by atoms with van der Waals surface area (Å²) in [6, 6.07) is 0. The molecule has 0 aliphatic heterocycles. The first-order chi connectivity index (χ1) is 9.56. The van der Waals surface area contributed by atoms with Crippen LogP contribution in [0.2, 0.25) is 0 Å². The molecule has 1 aliphatic carbocycles. The maximum Gasteiger partial charge on any atom is 0.341 e. The fraction of sp³-hybridized carbons (Fsp3) is 0.571. The summed E-state index contributed by atoms with van der Waals surface area (Å²) in [5.41, 5.74) is 1.82. The van der Waals surface area contributed by atoms with Crippen LogP contribution in [0.4, 0.5) is 5.00 Å². The molecule has 6 heteroatoms. The van der Waals surface area contributed by atoms with Gasteiger partial charge >= 0.3 is 5.97 Å². The first-order valence-corrected chi connectivity index (χ1v) is 8.09. The zero-order chi connectivity index (χ0) is 14.7. The lowest BCUT2D eigenvalue weighted by atomic mass is 9.88. The summed E-state index contributed by atoms with van der Waals surface area (Å²) in [6.45, 7) is 4.46. The Morgan fingerprint density at radius 2 is 2.30 bits per heavy atom. The minimum atomic E-state index is -0.249. The first-order valence-electron chi connectivity index (χ1n) is 6.87. The Hall–Kier alpha value is -1.14. The van der Waals surface area contributed by atoms with Crippen molar-refractivity contribution in [3.05, 3.63) is 16.0 Å². The number of hydrogen-bond acceptors (Lipinski definition) is 4. The molecule has 0 bridgehead atoms. The number of hydrogen-bond donors (Lipinski definition) is 2. The van der Waals surface area contributed by atoms with Crippen molar-refractivity contribution in [2.75, 3.05) is 19.0 Å². The lowest BCUT2D eigenvalue weighted by molar-refractivity contribution is 0.0526. The Kier molecular flexibility index (Phi) is 4.99. The number of thiophene rings is 1. The third kappa shape index (κ3) is 3.12. The minimum Gasteiger partial charge on any atom is -0.462 e. The number of anilines is 1. The van der Waals surface area contributed by atoms with E-state index >= 15 is 0 Å². The van der Waals surface area contributed by atoms with Crippen molar-refractivity contribution in [2.45, 2.75) is 33.1 Å². The smallest absolute Gasteiger partial charge is 0.341 e. The SMILES string of the molecule is CCOC(=O)c1c(NC(=S)NC)sc2c1CCC(C)C2. The van der Waals surface area contributed by atoms with Gasteiger partial charge in [-0.15, -0.1) is 11.3 Å². The maximum atomic E-state index is 12.2. The molecule has 20 heavy (non-hydrogen) atoms.